The Morgan fingerprint density at radius 3 is 2.85 bits per heavy atom. The molecule has 112 valence electrons. The predicted octanol–water partition coefficient (Wildman–Crippen LogP) is 1.25. The van der Waals surface area contributed by atoms with Gasteiger partial charge in [0.1, 0.15) is 0 Å². The van der Waals surface area contributed by atoms with E-state index >= 15 is 0 Å². The second-order valence-corrected chi connectivity index (χ2v) is 7.30. The van der Waals surface area contributed by atoms with E-state index in [-0.39, 0.29) is 5.03 Å². The topological polar surface area (TPSA) is 78.1 Å². The first kappa shape index (κ1) is 15.2. The van der Waals surface area contributed by atoms with Gasteiger partial charge in [0.15, 0.2) is 5.03 Å². The zero-order valence-electron chi connectivity index (χ0n) is 12.2. The van der Waals surface area contributed by atoms with Crippen LogP contribution >= 0.6 is 0 Å². The number of nitrogens with one attached hydrogen (secondary N) is 2. The van der Waals surface area contributed by atoms with Gasteiger partial charge in [-0.05, 0) is 13.3 Å². The van der Waals surface area contributed by atoms with E-state index in [1.165, 1.54) is 9.88 Å². The summed E-state index contributed by atoms with van der Waals surface area (Å²) >= 11 is 0. The van der Waals surface area contributed by atoms with E-state index in [1.54, 1.807) is 6.20 Å². The highest BCUT2D eigenvalue weighted by atomic mass is 32.2. The van der Waals surface area contributed by atoms with Crippen molar-refractivity contribution < 1.29 is 8.42 Å². The molecule has 0 radical (unpaired) electrons. The summed E-state index contributed by atoms with van der Waals surface area (Å²) in [7, 11) is -3.49. The lowest BCUT2D eigenvalue weighted by atomic mass is 10.1. The lowest BCUT2D eigenvalue weighted by Gasteiger charge is -2.24. The highest BCUT2D eigenvalue weighted by Crippen LogP contribution is 2.21. The van der Waals surface area contributed by atoms with Gasteiger partial charge in [0.05, 0.1) is 6.20 Å². The van der Waals surface area contributed by atoms with Crippen LogP contribution < -0.4 is 5.32 Å². The molecule has 0 bridgehead atoms. The van der Waals surface area contributed by atoms with Gasteiger partial charge in [0, 0.05) is 31.2 Å². The van der Waals surface area contributed by atoms with E-state index in [0.29, 0.717) is 31.2 Å². The molecule has 20 heavy (non-hydrogen) atoms. The number of hydrogen-bond donors (Lipinski definition) is 2. The predicted molar refractivity (Wildman–Crippen MR) is 77.7 cm³/mol. The zero-order valence-corrected chi connectivity index (χ0v) is 13.0. The van der Waals surface area contributed by atoms with E-state index in [2.05, 4.69) is 15.5 Å². The molecule has 2 rings (SSSR count). The van der Waals surface area contributed by atoms with Crippen molar-refractivity contribution in [3.63, 3.8) is 0 Å². The summed E-state index contributed by atoms with van der Waals surface area (Å²) < 4.78 is 26.7. The van der Waals surface area contributed by atoms with Crippen molar-refractivity contribution >= 4 is 10.0 Å². The molecule has 2 N–H and O–H groups in total. The molecule has 1 aliphatic heterocycles. The number of H-pyrrole nitrogens is 1. The second kappa shape index (κ2) is 6.07. The molecule has 1 aromatic heterocycles. The third kappa shape index (κ3) is 3.28. The molecule has 1 aromatic rings. The lowest BCUT2D eigenvalue weighted by Crippen LogP contribution is -2.35. The number of hydrogen-bond acceptors (Lipinski definition) is 4. The molecular formula is C13H22N4O2S. The van der Waals surface area contributed by atoms with Crippen molar-refractivity contribution in [1.82, 2.24) is 19.8 Å². The fourth-order valence-electron chi connectivity index (χ4n) is 2.06. The van der Waals surface area contributed by atoms with Crippen LogP contribution in [0.25, 0.3) is 0 Å². The summed E-state index contributed by atoms with van der Waals surface area (Å²) in [5, 5.41) is 9.95. The largest absolute Gasteiger partial charge is 0.310 e. The Morgan fingerprint density at radius 2 is 2.25 bits per heavy atom. The number of nitrogens with zero attached hydrogens (tertiary/aromatic N) is 2. The quantitative estimate of drug-likeness (QED) is 0.802. The molecule has 0 aromatic carbocycles. The fraction of sp³-hybridized carbons (Fsp3) is 0.615. The van der Waals surface area contributed by atoms with Crippen molar-refractivity contribution in [2.75, 3.05) is 13.1 Å². The van der Waals surface area contributed by atoms with Gasteiger partial charge in [0.25, 0.3) is 10.0 Å². The van der Waals surface area contributed by atoms with Crippen LogP contribution in [-0.2, 0) is 16.6 Å². The summed E-state index contributed by atoms with van der Waals surface area (Å²) in [5.74, 6) is 0. The zero-order chi connectivity index (χ0) is 14.8. The van der Waals surface area contributed by atoms with Crippen molar-refractivity contribution in [3.05, 3.63) is 23.4 Å². The monoisotopic (exact) mass is 298 g/mol. The summed E-state index contributed by atoms with van der Waals surface area (Å²) in [6.45, 7) is 7.52. The Bertz CT molecular complexity index is 589. The Morgan fingerprint density at radius 1 is 1.50 bits per heavy atom. The van der Waals surface area contributed by atoms with Crippen LogP contribution in [0.4, 0.5) is 0 Å². The average molecular weight is 298 g/mol. The van der Waals surface area contributed by atoms with E-state index < -0.39 is 10.0 Å². The molecule has 0 atom stereocenters. The normalized spacial score (nSPS) is 17.5. The Balaban J connectivity index is 2.20. The van der Waals surface area contributed by atoms with Gasteiger partial charge in [-0.15, -0.1) is 0 Å². The van der Waals surface area contributed by atoms with Gasteiger partial charge in [-0.3, -0.25) is 5.10 Å². The van der Waals surface area contributed by atoms with E-state index in [1.807, 2.05) is 26.8 Å². The van der Waals surface area contributed by atoms with Gasteiger partial charge in [-0.2, -0.15) is 9.40 Å². The Labute approximate surface area is 120 Å². The van der Waals surface area contributed by atoms with Crippen LogP contribution in [-0.4, -0.2) is 42.1 Å². The standard InChI is InChI=1S/C13H22N4O2S/c1-10(2)14-8-12-9-15-16-13(12)20(18,19)17-6-4-11(3)5-7-17/h4,9-10,14H,5-8H2,1-3H3,(H,15,16). The maximum absolute atomic E-state index is 12.6. The van der Waals surface area contributed by atoms with Crippen molar-refractivity contribution in [3.8, 4) is 0 Å². The molecule has 7 heteroatoms. The number of rotatable bonds is 5. The summed E-state index contributed by atoms with van der Waals surface area (Å²) in [5.41, 5.74) is 1.92. The van der Waals surface area contributed by atoms with Crippen LogP contribution in [0.1, 0.15) is 32.8 Å². The van der Waals surface area contributed by atoms with E-state index in [4.69, 9.17) is 0 Å². The highest BCUT2D eigenvalue weighted by molar-refractivity contribution is 7.89. The van der Waals surface area contributed by atoms with Crippen LogP contribution in [0.3, 0.4) is 0 Å². The molecule has 0 saturated heterocycles. The first-order valence-corrected chi connectivity index (χ1v) is 8.26. The van der Waals surface area contributed by atoms with E-state index in [9.17, 15) is 8.42 Å². The van der Waals surface area contributed by atoms with Crippen LogP contribution in [0.5, 0.6) is 0 Å². The maximum atomic E-state index is 12.6. The molecule has 0 unspecified atom stereocenters. The molecule has 6 nitrogen and oxygen atoms in total. The van der Waals surface area contributed by atoms with Crippen molar-refractivity contribution in [1.29, 1.82) is 0 Å². The van der Waals surface area contributed by atoms with E-state index in [0.717, 1.165) is 6.42 Å². The molecule has 2 heterocycles. The van der Waals surface area contributed by atoms with Gasteiger partial charge in [0.2, 0.25) is 0 Å². The molecule has 0 spiro atoms. The minimum Gasteiger partial charge on any atom is -0.310 e. The van der Waals surface area contributed by atoms with Crippen LogP contribution in [0.2, 0.25) is 0 Å². The number of aromatic amines is 1. The summed E-state index contributed by atoms with van der Waals surface area (Å²) in [6, 6.07) is 0.293. The Hall–Kier alpha value is -1.18. The van der Waals surface area contributed by atoms with Crippen molar-refractivity contribution in [2.24, 2.45) is 0 Å². The molecule has 0 amide bonds. The molecular weight excluding hydrogens is 276 g/mol. The van der Waals surface area contributed by atoms with Gasteiger partial charge >= 0.3 is 0 Å². The first-order valence-electron chi connectivity index (χ1n) is 6.82. The van der Waals surface area contributed by atoms with Crippen LogP contribution in [0, 0.1) is 0 Å². The van der Waals surface area contributed by atoms with Gasteiger partial charge in [-0.25, -0.2) is 8.42 Å². The van der Waals surface area contributed by atoms with Crippen LogP contribution in [0.15, 0.2) is 22.9 Å². The fourth-order valence-corrected chi connectivity index (χ4v) is 3.55. The third-order valence-electron chi connectivity index (χ3n) is 3.38. The maximum Gasteiger partial charge on any atom is 0.260 e. The smallest absolute Gasteiger partial charge is 0.260 e. The van der Waals surface area contributed by atoms with Gasteiger partial charge < -0.3 is 5.32 Å². The summed E-state index contributed by atoms with van der Waals surface area (Å²) in [6.07, 6.45) is 4.32. The highest BCUT2D eigenvalue weighted by Gasteiger charge is 2.29. The number of aromatic nitrogens is 2. The molecule has 1 aliphatic rings. The molecule has 0 aliphatic carbocycles. The van der Waals surface area contributed by atoms with Crippen molar-refractivity contribution in [2.45, 2.75) is 44.8 Å². The Kier molecular flexibility index (Phi) is 4.62. The average Bonchev–Trinajstić information content (AvgIpc) is 2.86. The first-order chi connectivity index (χ1) is 9.41. The minimum atomic E-state index is -3.49. The number of sulfonamides is 1. The minimum absolute atomic E-state index is 0.207. The molecule has 0 saturated carbocycles. The summed E-state index contributed by atoms with van der Waals surface area (Å²) in [4.78, 5) is 0. The van der Waals surface area contributed by atoms with Gasteiger partial charge in [-0.1, -0.05) is 25.5 Å². The second-order valence-electron chi connectivity index (χ2n) is 5.42. The lowest BCUT2D eigenvalue weighted by molar-refractivity contribution is 0.428. The third-order valence-corrected chi connectivity index (χ3v) is 5.26. The molecule has 0 fully saturated rings. The SMILES string of the molecule is CC1=CCN(S(=O)(=O)c2[nH]ncc2CNC(C)C)CC1.